The molecule has 3 rings (SSSR count). The number of ether oxygens (including phenoxy) is 1. The molecule has 3 aromatic carbocycles. The van der Waals surface area contributed by atoms with Crippen molar-refractivity contribution in [2.24, 2.45) is 0 Å². The number of carboxylic acids is 1. The standard InChI is InChI=1S/C20H14N2O6/c23-19(21-15-3-1-2-14(12-15)20(24)25)13-4-8-17(9-5-13)28-18-10-6-16(7-11-18)22(26)27/h1-12H,(H,21,23)(H,24,25)/p-1. The molecular formula is C20H13N2O6-. The lowest BCUT2D eigenvalue weighted by atomic mass is 10.1. The molecule has 28 heavy (non-hydrogen) atoms. The van der Waals surface area contributed by atoms with E-state index >= 15 is 0 Å². The number of aromatic carboxylic acids is 1. The van der Waals surface area contributed by atoms with Gasteiger partial charge in [0.05, 0.1) is 10.9 Å². The summed E-state index contributed by atoms with van der Waals surface area (Å²) in [5.41, 5.74) is 0.597. The number of hydrogen-bond donors (Lipinski definition) is 1. The molecule has 1 amide bonds. The molecule has 0 aliphatic rings. The molecule has 8 nitrogen and oxygen atoms in total. The van der Waals surface area contributed by atoms with Gasteiger partial charge >= 0.3 is 0 Å². The molecule has 0 spiro atoms. The van der Waals surface area contributed by atoms with Crippen LogP contribution in [0, 0.1) is 10.1 Å². The Bertz CT molecular complexity index is 1030. The number of non-ortho nitro benzene ring substituents is 1. The topological polar surface area (TPSA) is 122 Å². The fraction of sp³-hybridized carbons (Fsp3) is 0. The number of nitrogens with one attached hydrogen (secondary N) is 1. The van der Waals surface area contributed by atoms with Gasteiger partial charge in [-0.05, 0) is 54.1 Å². The Morgan fingerprint density at radius 1 is 0.857 bits per heavy atom. The highest BCUT2D eigenvalue weighted by molar-refractivity contribution is 6.04. The SMILES string of the molecule is O=C([O-])c1cccc(NC(=O)c2ccc(Oc3ccc([N+](=O)[O-])cc3)cc2)c1. The molecule has 0 saturated heterocycles. The van der Waals surface area contributed by atoms with E-state index in [4.69, 9.17) is 4.74 Å². The quantitative estimate of drug-likeness (QED) is 0.520. The molecule has 1 N–H and O–H groups in total. The van der Waals surface area contributed by atoms with E-state index in [1.165, 1.54) is 42.5 Å². The summed E-state index contributed by atoms with van der Waals surface area (Å²) < 4.78 is 5.58. The smallest absolute Gasteiger partial charge is 0.269 e. The lowest BCUT2D eigenvalue weighted by Gasteiger charge is -2.09. The van der Waals surface area contributed by atoms with E-state index in [0.717, 1.165) is 0 Å². The first-order valence-corrected chi connectivity index (χ1v) is 8.07. The van der Waals surface area contributed by atoms with Crippen molar-refractivity contribution in [1.29, 1.82) is 0 Å². The number of carbonyl (C=O) groups excluding carboxylic acids is 2. The molecule has 0 unspecified atom stereocenters. The summed E-state index contributed by atoms with van der Waals surface area (Å²) >= 11 is 0. The van der Waals surface area contributed by atoms with Crippen LogP contribution < -0.4 is 15.2 Å². The molecule has 8 heteroatoms. The van der Waals surface area contributed by atoms with Gasteiger partial charge in [0.2, 0.25) is 0 Å². The van der Waals surface area contributed by atoms with Crippen LogP contribution in [0.3, 0.4) is 0 Å². The first kappa shape index (κ1) is 18.6. The zero-order valence-corrected chi connectivity index (χ0v) is 14.3. The molecule has 0 aliphatic heterocycles. The van der Waals surface area contributed by atoms with E-state index in [1.54, 1.807) is 30.3 Å². The highest BCUT2D eigenvalue weighted by Crippen LogP contribution is 2.24. The fourth-order valence-corrected chi connectivity index (χ4v) is 2.37. The Morgan fingerprint density at radius 2 is 1.46 bits per heavy atom. The molecule has 0 saturated carbocycles. The fourth-order valence-electron chi connectivity index (χ4n) is 2.37. The van der Waals surface area contributed by atoms with Crippen LogP contribution in [0.2, 0.25) is 0 Å². The number of nitrogens with zero attached hydrogens (tertiary/aromatic N) is 1. The number of hydrogen-bond acceptors (Lipinski definition) is 6. The maximum atomic E-state index is 12.3. The number of carboxylic acid groups (broad SMARTS) is 1. The molecule has 0 aromatic heterocycles. The average molecular weight is 377 g/mol. The molecule has 140 valence electrons. The van der Waals surface area contributed by atoms with Crippen LogP contribution in [-0.4, -0.2) is 16.8 Å². The number of nitro benzene ring substituents is 1. The predicted molar refractivity (Wildman–Crippen MR) is 98.3 cm³/mol. The maximum absolute atomic E-state index is 12.3. The van der Waals surface area contributed by atoms with Gasteiger partial charge in [0, 0.05) is 23.4 Å². The van der Waals surface area contributed by atoms with Gasteiger partial charge in [0.1, 0.15) is 11.5 Å². The average Bonchev–Trinajstić information content (AvgIpc) is 2.69. The first-order chi connectivity index (χ1) is 13.4. The van der Waals surface area contributed by atoms with Crippen LogP contribution in [0.5, 0.6) is 11.5 Å². The van der Waals surface area contributed by atoms with Gasteiger partial charge in [0.25, 0.3) is 11.6 Å². The van der Waals surface area contributed by atoms with Crippen LogP contribution in [-0.2, 0) is 0 Å². The second kappa shape index (κ2) is 8.00. The van der Waals surface area contributed by atoms with Crippen LogP contribution >= 0.6 is 0 Å². The predicted octanol–water partition coefficient (Wildman–Crippen LogP) is 3.00. The van der Waals surface area contributed by atoms with E-state index < -0.39 is 16.8 Å². The van der Waals surface area contributed by atoms with E-state index in [-0.39, 0.29) is 11.3 Å². The minimum atomic E-state index is -1.33. The molecule has 3 aromatic rings. The Balaban J connectivity index is 1.66. The number of amides is 1. The van der Waals surface area contributed by atoms with Gasteiger partial charge in [-0.1, -0.05) is 12.1 Å². The van der Waals surface area contributed by atoms with Crippen molar-refractivity contribution in [3.05, 3.63) is 94.0 Å². The second-order valence-corrected chi connectivity index (χ2v) is 5.70. The first-order valence-electron chi connectivity index (χ1n) is 8.07. The van der Waals surface area contributed by atoms with Crippen LogP contribution in [0.1, 0.15) is 20.7 Å². The molecule has 0 aliphatic carbocycles. The number of carbonyl (C=O) groups is 2. The highest BCUT2D eigenvalue weighted by Gasteiger charge is 2.08. The van der Waals surface area contributed by atoms with Crippen LogP contribution in [0.15, 0.2) is 72.8 Å². The third-order valence-electron chi connectivity index (χ3n) is 3.76. The zero-order valence-electron chi connectivity index (χ0n) is 14.3. The summed E-state index contributed by atoms with van der Waals surface area (Å²) in [4.78, 5) is 33.3. The van der Waals surface area contributed by atoms with E-state index in [2.05, 4.69) is 5.32 Å². The van der Waals surface area contributed by atoms with Crippen molar-refractivity contribution in [3.8, 4) is 11.5 Å². The Hall–Kier alpha value is -4.20. The molecule has 0 bridgehead atoms. The van der Waals surface area contributed by atoms with Crippen molar-refractivity contribution in [2.75, 3.05) is 5.32 Å². The molecule has 0 atom stereocenters. The number of nitro groups is 1. The van der Waals surface area contributed by atoms with Gasteiger partial charge < -0.3 is 20.0 Å². The number of benzene rings is 3. The minimum Gasteiger partial charge on any atom is -0.545 e. The van der Waals surface area contributed by atoms with Crippen molar-refractivity contribution in [3.63, 3.8) is 0 Å². The summed E-state index contributed by atoms with van der Waals surface area (Å²) in [7, 11) is 0. The summed E-state index contributed by atoms with van der Waals surface area (Å²) in [5.74, 6) is -0.882. The maximum Gasteiger partial charge on any atom is 0.269 e. The molecule has 0 radical (unpaired) electrons. The lowest BCUT2D eigenvalue weighted by Crippen LogP contribution is -2.22. The Kier molecular flexibility index (Phi) is 5.31. The summed E-state index contributed by atoms with van der Waals surface area (Å²) in [6.45, 7) is 0. The highest BCUT2D eigenvalue weighted by atomic mass is 16.6. The van der Waals surface area contributed by atoms with Crippen LogP contribution in [0.4, 0.5) is 11.4 Å². The second-order valence-electron chi connectivity index (χ2n) is 5.70. The monoisotopic (exact) mass is 377 g/mol. The molecule has 0 fully saturated rings. The van der Waals surface area contributed by atoms with Crippen molar-refractivity contribution >= 4 is 23.3 Å². The Morgan fingerprint density at radius 3 is 2.04 bits per heavy atom. The third-order valence-corrected chi connectivity index (χ3v) is 3.76. The van der Waals surface area contributed by atoms with Crippen molar-refractivity contribution in [1.82, 2.24) is 0 Å². The normalized spacial score (nSPS) is 10.1. The summed E-state index contributed by atoms with van der Waals surface area (Å²) in [6, 6.07) is 17.6. The summed E-state index contributed by atoms with van der Waals surface area (Å²) in [5, 5.41) is 24.1. The van der Waals surface area contributed by atoms with Crippen LogP contribution in [0.25, 0.3) is 0 Å². The molecule has 0 heterocycles. The molecular weight excluding hydrogens is 364 g/mol. The van der Waals surface area contributed by atoms with Crippen molar-refractivity contribution in [2.45, 2.75) is 0 Å². The van der Waals surface area contributed by atoms with Gasteiger partial charge in [-0.3, -0.25) is 14.9 Å². The zero-order chi connectivity index (χ0) is 20.1. The van der Waals surface area contributed by atoms with E-state index in [9.17, 15) is 24.8 Å². The van der Waals surface area contributed by atoms with E-state index in [0.29, 0.717) is 22.7 Å². The lowest BCUT2D eigenvalue weighted by molar-refractivity contribution is -0.384. The number of anilines is 1. The Labute approximate surface area is 159 Å². The van der Waals surface area contributed by atoms with Gasteiger partial charge in [-0.15, -0.1) is 0 Å². The summed E-state index contributed by atoms with van der Waals surface area (Å²) in [6.07, 6.45) is 0. The van der Waals surface area contributed by atoms with Gasteiger partial charge in [0.15, 0.2) is 0 Å². The van der Waals surface area contributed by atoms with E-state index in [1.807, 2.05) is 0 Å². The third kappa shape index (κ3) is 4.50. The van der Waals surface area contributed by atoms with Gasteiger partial charge in [-0.25, -0.2) is 0 Å². The minimum absolute atomic E-state index is 0.0374. The number of rotatable bonds is 6. The largest absolute Gasteiger partial charge is 0.545 e. The van der Waals surface area contributed by atoms with Crippen molar-refractivity contribution < 1.29 is 24.4 Å². The van der Waals surface area contributed by atoms with Gasteiger partial charge in [-0.2, -0.15) is 0 Å².